The highest BCUT2D eigenvalue weighted by Gasteiger charge is 2.23. The summed E-state index contributed by atoms with van der Waals surface area (Å²) in [6.45, 7) is 5.07. The lowest BCUT2D eigenvalue weighted by Gasteiger charge is -2.34. The van der Waals surface area contributed by atoms with Crippen LogP contribution in [0.3, 0.4) is 0 Å². The highest BCUT2D eigenvalue weighted by Crippen LogP contribution is 2.17. The Balaban J connectivity index is 1.80. The molecule has 0 aliphatic carbocycles. The van der Waals surface area contributed by atoms with Gasteiger partial charge in [0.25, 0.3) is 0 Å². The molecule has 3 nitrogen and oxygen atoms in total. The van der Waals surface area contributed by atoms with Crippen LogP contribution in [0.25, 0.3) is 0 Å². The maximum absolute atomic E-state index is 9.82. The minimum atomic E-state index is -0.157. The molecule has 0 amide bonds. The number of β-amino-alcohol motifs (C(OH)–C–C–N with tert-alkyl or cyclic N) is 1. The number of anilines is 1. The Morgan fingerprint density at radius 1 is 1.35 bits per heavy atom. The summed E-state index contributed by atoms with van der Waals surface area (Å²) >= 11 is 0. The van der Waals surface area contributed by atoms with Crippen LogP contribution in [-0.4, -0.2) is 35.7 Å². The molecule has 0 radical (unpaired) electrons. The fourth-order valence-electron chi connectivity index (χ4n) is 2.29. The summed E-state index contributed by atoms with van der Waals surface area (Å²) in [4.78, 5) is 2.35. The van der Waals surface area contributed by atoms with Gasteiger partial charge in [0.2, 0.25) is 0 Å². The van der Waals surface area contributed by atoms with E-state index in [4.69, 9.17) is 5.73 Å². The molecular weight excluding hydrogens is 212 g/mol. The molecule has 0 bridgehead atoms. The third-order valence-corrected chi connectivity index (χ3v) is 3.70. The van der Waals surface area contributed by atoms with Crippen molar-refractivity contribution in [3.8, 4) is 0 Å². The van der Waals surface area contributed by atoms with Crippen LogP contribution in [-0.2, 0) is 6.42 Å². The number of nitrogen functional groups attached to an aromatic ring is 1. The largest absolute Gasteiger partial charge is 0.399 e. The highest BCUT2D eigenvalue weighted by atomic mass is 16.3. The van der Waals surface area contributed by atoms with E-state index >= 15 is 0 Å². The van der Waals surface area contributed by atoms with E-state index < -0.39 is 0 Å². The summed E-state index contributed by atoms with van der Waals surface area (Å²) in [7, 11) is 0. The van der Waals surface area contributed by atoms with Crippen molar-refractivity contribution in [1.29, 1.82) is 0 Å². The first-order valence-corrected chi connectivity index (χ1v) is 6.40. The number of aliphatic hydroxyl groups is 1. The number of likely N-dealkylation sites (tertiary alicyclic amines) is 1. The zero-order chi connectivity index (χ0) is 12.3. The summed E-state index contributed by atoms with van der Waals surface area (Å²) in [5.74, 6) is 0.447. The van der Waals surface area contributed by atoms with E-state index in [1.54, 1.807) is 0 Å². The molecule has 3 N–H and O–H groups in total. The molecule has 1 heterocycles. The molecule has 2 atom stereocenters. The summed E-state index contributed by atoms with van der Waals surface area (Å²) in [6.07, 6.45) is 1.97. The first-order valence-electron chi connectivity index (χ1n) is 6.40. The number of nitrogens with two attached hydrogens (primary N) is 1. The first-order chi connectivity index (χ1) is 8.15. The van der Waals surface area contributed by atoms with Crippen LogP contribution in [0.4, 0.5) is 5.69 Å². The van der Waals surface area contributed by atoms with Crippen LogP contribution in [0.2, 0.25) is 0 Å². The van der Waals surface area contributed by atoms with Crippen LogP contribution in [0.1, 0.15) is 18.9 Å². The molecule has 94 valence electrons. The Hall–Kier alpha value is -1.06. The molecular formula is C14H22N2O. The van der Waals surface area contributed by atoms with Gasteiger partial charge in [0, 0.05) is 18.8 Å². The number of nitrogens with zero attached hydrogens (tertiary/aromatic N) is 1. The van der Waals surface area contributed by atoms with Gasteiger partial charge in [-0.25, -0.2) is 0 Å². The van der Waals surface area contributed by atoms with Crippen molar-refractivity contribution in [3.05, 3.63) is 29.8 Å². The van der Waals surface area contributed by atoms with Gasteiger partial charge in [0.15, 0.2) is 0 Å². The van der Waals surface area contributed by atoms with Crippen molar-refractivity contribution >= 4 is 5.69 Å². The molecule has 17 heavy (non-hydrogen) atoms. The average molecular weight is 234 g/mol. The second kappa shape index (κ2) is 5.52. The lowest BCUT2D eigenvalue weighted by molar-refractivity contribution is 0.0298. The maximum atomic E-state index is 9.82. The Morgan fingerprint density at radius 3 is 2.71 bits per heavy atom. The summed E-state index contributed by atoms with van der Waals surface area (Å²) in [6, 6.07) is 8.06. The molecule has 2 rings (SSSR count). The van der Waals surface area contributed by atoms with Gasteiger partial charge in [0.1, 0.15) is 0 Å². The number of benzene rings is 1. The van der Waals surface area contributed by atoms with Crippen LogP contribution < -0.4 is 5.73 Å². The Labute approximate surface area is 103 Å². The van der Waals surface area contributed by atoms with E-state index in [1.807, 2.05) is 12.1 Å². The molecule has 2 unspecified atom stereocenters. The number of aliphatic hydroxyl groups excluding tert-OH is 1. The van der Waals surface area contributed by atoms with Gasteiger partial charge in [-0.15, -0.1) is 0 Å². The SMILES string of the molecule is CC1CCN(CCc2ccc(N)cc2)CC1O. The molecule has 0 aromatic heterocycles. The van der Waals surface area contributed by atoms with Crippen LogP contribution in [0.5, 0.6) is 0 Å². The fraction of sp³-hybridized carbons (Fsp3) is 0.571. The van der Waals surface area contributed by atoms with Crippen LogP contribution >= 0.6 is 0 Å². The first kappa shape index (κ1) is 12.4. The van der Waals surface area contributed by atoms with Crippen molar-refractivity contribution in [3.63, 3.8) is 0 Å². The third kappa shape index (κ3) is 3.45. The number of hydrogen-bond acceptors (Lipinski definition) is 3. The van der Waals surface area contributed by atoms with Gasteiger partial charge < -0.3 is 15.7 Å². The number of rotatable bonds is 3. The monoisotopic (exact) mass is 234 g/mol. The van der Waals surface area contributed by atoms with Gasteiger partial charge in [-0.2, -0.15) is 0 Å². The average Bonchev–Trinajstić information content (AvgIpc) is 2.33. The summed E-state index contributed by atoms with van der Waals surface area (Å²) in [5.41, 5.74) is 7.78. The number of hydrogen-bond donors (Lipinski definition) is 2. The molecule has 0 spiro atoms. The maximum Gasteiger partial charge on any atom is 0.0693 e. The highest BCUT2D eigenvalue weighted by molar-refractivity contribution is 5.39. The predicted molar refractivity (Wildman–Crippen MR) is 70.8 cm³/mol. The van der Waals surface area contributed by atoms with E-state index in [0.717, 1.165) is 38.2 Å². The second-order valence-corrected chi connectivity index (χ2v) is 5.13. The predicted octanol–water partition coefficient (Wildman–Crippen LogP) is 1.51. The summed E-state index contributed by atoms with van der Waals surface area (Å²) < 4.78 is 0. The van der Waals surface area contributed by atoms with E-state index in [0.29, 0.717) is 5.92 Å². The summed E-state index contributed by atoms with van der Waals surface area (Å²) in [5, 5.41) is 9.82. The quantitative estimate of drug-likeness (QED) is 0.780. The topological polar surface area (TPSA) is 49.5 Å². The van der Waals surface area contributed by atoms with Gasteiger partial charge in [-0.1, -0.05) is 19.1 Å². The van der Waals surface area contributed by atoms with Crippen molar-refractivity contribution in [2.24, 2.45) is 5.92 Å². The van der Waals surface area contributed by atoms with Crippen molar-refractivity contribution in [1.82, 2.24) is 4.90 Å². The zero-order valence-corrected chi connectivity index (χ0v) is 10.5. The van der Waals surface area contributed by atoms with E-state index in [2.05, 4.69) is 24.0 Å². The fourth-order valence-corrected chi connectivity index (χ4v) is 2.29. The normalized spacial score (nSPS) is 26.0. The molecule has 1 aliphatic heterocycles. The number of piperidine rings is 1. The van der Waals surface area contributed by atoms with E-state index in [-0.39, 0.29) is 6.10 Å². The van der Waals surface area contributed by atoms with Crippen molar-refractivity contribution in [2.75, 3.05) is 25.4 Å². The van der Waals surface area contributed by atoms with Gasteiger partial charge >= 0.3 is 0 Å². The van der Waals surface area contributed by atoms with Gasteiger partial charge in [-0.3, -0.25) is 0 Å². The third-order valence-electron chi connectivity index (χ3n) is 3.70. The Morgan fingerprint density at radius 2 is 2.06 bits per heavy atom. The molecule has 1 aromatic carbocycles. The molecule has 3 heteroatoms. The standard InChI is InChI=1S/C14H22N2O/c1-11-6-8-16(10-14(11)17)9-7-12-2-4-13(15)5-3-12/h2-5,11,14,17H,6-10,15H2,1H3. The minimum absolute atomic E-state index is 0.157. The van der Waals surface area contributed by atoms with E-state index in [1.165, 1.54) is 5.56 Å². The smallest absolute Gasteiger partial charge is 0.0693 e. The molecule has 1 aliphatic rings. The lowest BCUT2D eigenvalue weighted by Crippen LogP contribution is -2.43. The van der Waals surface area contributed by atoms with Gasteiger partial charge in [-0.05, 0) is 43.0 Å². The van der Waals surface area contributed by atoms with Crippen molar-refractivity contribution in [2.45, 2.75) is 25.9 Å². The lowest BCUT2D eigenvalue weighted by atomic mass is 9.96. The van der Waals surface area contributed by atoms with Crippen molar-refractivity contribution < 1.29 is 5.11 Å². The molecule has 1 fully saturated rings. The molecule has 0 saturated carbocycles. The molecule has 1 aromatic rings. The van der Waals surface area contributed by atoms with E-state index in [9.17, 15) is 5.11 Å². The second-order valence-electron chi connectivity index (χ2n) is 5.13. The zero-order valence-electron chi connectivity index (χ0n) is 10.5. The molecule has 1 saturated heterocycles. The van der Waals surface area contributed by atoms with Crippen LogP contribution in [0, 0.1) is 5.92 Å². The Bertz CT molecular complexity index is 350. The van der Waals surface area contributed by atoms with Gasteiger partial charge in [0.05, 0.1) is 6.10 Å². The van der Waals surface area contributed by atoms with Crippen LogP contribution in [0.15, 0.2) is 24.3 Å². The minimum Gasteiger partial charge on any atom is -0.399 e. The Kier molecular flexibility index (Phi) is 4.02.